The number of aryl methyl sites for hydroxylation is 1. The molecule has 0 aliphatic heterocycles. The molecule has 0 saturated heterocycles. The van der Waals surface area contributed by atoms with E-state index in [9.17, 15) is 10.2 Å². The fourth-order valence-electron chi connectivity index (χ4n) is 3.23. The van der Waals surface area contributed by atoms with Gasteiger partial charge in [-0.05, 0) is 25.0 Å². The van der Waals surface area contributed by atoms with Gasteiger partial charge in [0.1, 0.15) is 11.6 Å². The molecule has 3 atom stereocenters. The maximum absolute atomic E-state index is 10.00. The van der Waals surface area contributed by atoms with E-state index in [0.29, 0.717) is 38.3 Å². The molecule has 2 heterocycles. The second-order valence-corrected chi connectivity index (χ2v) is 6.58. The molecule has 130 valence electrons. The number of pyridine rings is 1. The van der Waals surface area contributed by atoms with Crippen molar-refractivity contribution >= 4 is 0 Å². The quantitative estimate of drug-likeness (QED) is 0.683. The first kappa shape index (κ1) is 16.9. The van der Waals surface area contributed by atoms with Crippen molar-refractivity contribution in [3.8, 4) is 5.75 Å². The summed E-state index contributed by atoms with van der Waals surface area (Å²) < 4.78 is 7.82. The van der Waals surface area contributed by atoms with Crippen LogP contribution in [0.4, 0.5) is 0 Å². The largest absolute Gasteiger partial charge is 0.491 e. The Kier molecular flexibility index (Phi) is 5.13. The fraction of sp³-hybridized carbons (Fsp3) is 0.529. The van der Waals surface area contributed by atoms with Gasteiger partial charge in [0.25, 0.3) is 0 Å². The van der Waals surface area contributed by atoms with Crippen LogP contribution in [-0.2, 0) is 13.6 Å². The van der Waals surface area contributed by atoms with E-state index < -0.39 is 12.2 Å². The first-order chi connectivity index (χ1) is 11.6. The number of hydrogen-bond donors (Lipinski definition) is 3. The van der Waals surface area contributed by atoms with Crippen molar-refractivity contribution in [1.29, 1.82) is 0 Å². The fourth-order valence-corrected chi connectivity index (χ4v) is 3.23. The first-order valence-electron chi connectivity index (χ1n) is 8.14. The number of imidazole rings is 1. The van der Waals surface area contributed by atoms with Crippen LogP contribution < -0.4 is 10.1 Å². The van der Waals surface area contributed by atoms with E-state index in [0.717, 1.165) is 5.82 Å². The Bertz CT molecular complexity index is 636. The van der Waals surface area contributed by atoms with Crippen molar-refractivity contribution in [3.05, 3.63) is 42.7 Å². The summed E-state index contributed by atoms with van der Waals surface area (Å²) in [7, 11) is 1.95. The van der Waals surface area contributed by atoms with Crippen molar-refractivity contribution in [3.63, 3.8) is 0 Å². The number of aromatic nitrogens is 3. The number of nitrogens with zero attached hydrogens (tertiary/aromatic N) is 3. The third kappa shape index (κ3) is 3.92. The Hall–Kier alpha value is -1.96. The lowest BCUT2D eigenvalue weighted by Crippen LogP contribution is -2.38. The lowest BCUT2D eigenvalue weighted by Gasteiger charge is -2.29. The molecule has 24 heavy (non-hydrogen) atoms. The van der Waals surface area contributed by atoms with Gasteiger partial charge in [-0.2, -0.15) is 0 Å². The van der Waals surface area contributed by atoms with Crippen LogP contribution in [0.2, 0.25) is 0 Å². The zero-order chi connectivity index (χ0) is 17.0. The van der Waals surface area contributed by atoms with Crippen LogP contribution in [0.1, 0.15) is 18.7 Å². The van der Waals surface area contributed by atoms with Crippen molar-refractivity contribution < 1.29 is 14.9 Å². The van der Waals surface area contributed by atoms with E-state index in [1.807, 2.05) is 29.9 Å². The highest BCUT2D eigenvalue weighted by Gasteiger charge is 2.44. The summed E-state index contributed by atoms with van der Waals surface area (Å²) in [6, 6.07) is 3.67. The number of aliphatic hydroxyl groups is 2. The number of ether oxygens (including phenoxy) is 1. The molecule has 3 N–H and O–H groups in total. The Morgan fingerprint density at radius 2 is 2.12 bits per heavy atom. The first-order valence-corrected chi connectivity index (χ1v) is 8.14. The molecule has 7 heteroatoms. The summed E-state index contributed by atoms with van der Waals surface area (Å²) in [5, 5.41) is 23.4. The number of rotatable bonds is 7. The molecular formula is C17H24N4O3. The lowest BCUT2D eigenvalue weighted by atomic mass is 9.86. The number of hydrogen-bond acceptors (Lipinski definition) is 6. The maximum Gasteiger partial charge on any atom is 0.137 e. The van der Waals surface area contributed by atoms with Gasteiger partial charge in [-0.15, -0.1) is 0 Å². The summed E-state index contributed by atoms with van der Waals surface area (Å²) in [4.78, 5) is 8.33. The number of nitrogens with one attached hydrogen (secondary N) is 1. The Balaban J connectivity index is 1.61. The summed E-state index contributed by atoms with van der Waals surface area (Å²) in [6.07, 6.45) is 6.61. The van der Waals surface area contributed by atoms with Gasteiger partial charge >= 0.3 is 0 Å². The lowest BCUT2D eigenvalue weighted by molar-refractivity contribution is 0.0438. The summed E-state index contributed by atoms with van der Waals surface area (Å²) >= 11 is 0. The van der Waals surface area contributed by atoms with Crippen LogP contribution in [-0.4, -0.2) is 50.1 Å². The van der Waals surface area contributed by atoms with Gasteiger partial charge in [-0.3, -0.25) is 4.98 Å². The van der Waals surface area contributed by atoms with Gasteiger partial charge in [0.15, 0.2) is 0 Å². The van der Waals surface area contributed by atoms with Gasteiger partial charge in [-0.25, -0.2) is 4.98 Å². The van der Waals surface area contributed by atoms with Crippen molar-refractivity contribution in [2.24, 2.45) is 12.5 Å². The van der Waals surface area contributed by atoms with Gasteiger partial charge in [0.2, 0.25) is 0 Å². The third-order valence-corrected chi connectivity index (χ3v) is 4.61. The SMILES string of the molecule is Cn1ccnc1CNCC1(COc2cccnc2)C[C@@H](O)[C@@H](O)C1. The predicted octanol–water partition coefficient (Wildman–Crippen LogP) is 0.486. The Morgan fingerprint density at radius 3 is 2.75 bits per heavy atom. The van der Waals surface area contributed by atoms with E-state index in [1.54, 1.807) is 18.6 Å². The predicted molar refractivity (Wildman–Crippen MR) is 88.3 cm³/mol. The second kappa shape index (κ2) is 7.29. The van der Waals surface area contributed by atoms with Crippen molar-refractivity contribution in [2.45, 2.75) is 31.6 Å². The average molecular weight is 332 g/mol. The summed E-state index contributed by atoms with van der Waals surface area (Å²) in [5.74, 6) is 1.63. The third-order valence-electron chi connectivity index (χ3n) is 4.61. The maximum atomic E-state index is 10.00. The van der Waals surface area contributed by atoms with Crippen molar-refractivity contribution in [1.82, 2.24) is 19.9 Å². The topological polar surface area (TPSA) is 92.4 Å². The monoisotopic (exact) mass is 332 g/mol. The molecule has 7 nitrogen and oxygen atoms in total. The van der Waals surface area contributed by atoms with Crippen molar-refractivity contribution in [2.75, 3.05) is 13.2 Å². The highest BCUT2D eigenvalue weighted by molar-refractivity contribution is 5.15. The minimum absolute atomic E-state index is 0.320. The smallest absolute Gasteiger partial charge is 0.137 e. The van der Waals surface area contributed by atoms with Gasteiger partial charge in [0, 0.05) is 37.6 Å². The normalized spacial score (nSPS) is 26.6. The zero-order valence-corrected chi connectivity index (χ0v) is 13.8. The second-order valence-electron chi connectivity index (χ2n) is 6.58. The molecule has 2 aromatic rings. The van der Waals surface area contributed by atoms with E-state index >= 15 is 0 Å². The average Bonchev–Trinajstić information content (AvgIpc) is 3.11. The summed E-state index contributed by atoms with van der Waals surface area (Å²) in [5.41, 5.74) is -0.320. The van der Waals surface area contributed by atoms with Crippen LogP contribution in [0.3, 0.4) is 0 Å². The molecular weight excluding hydrogens is 308 g/mol. The van der Waals surface area contributed by atoms with Crippen LogP contribution in [0.5, 0.6) is 5.75 Å². The molecule has 0 amide bonds. The van der Waals surface area contributed by atoms with E-state index in [-0.39, 0.29) is 5.41 Å². The molecule has 0 bridgehead atoms. The minimum atomic E-state index is -0.711. The van der Waals surface area contributed by atoms with E-state index in [4.69, 9.17) is 4.74 Å². The molecule has 1 aliphatic rings. The Morgan fingerprint density at radius 1 is 1.33 bits per heavy atom. The number of aliphatic hydroxyl groups excluding tert-OH is 2. The van der Waals surface area contributed by atoms with E-state index in [2.05, 4.69) is 15.3 Å². The van der Waals surface area contributed by atoms with Crippen LogP contribution in [0.25, 0.3) is 0 Å². The van der Waals surface area contributed by atoms with Crippen LogP contribution >= 0.6 is 0 Å². The standard InChI is InChI=1S/C17H24N4O3/c1-21-6-5-20-16(21)10-19-11-17(7-14(22)15(23)8-17)12-24-13-3-2-4-18-9-13/h2-6,9,14-15,19,22-23H,7-8,10-12H2,1H3/t14-,15+,17?. The summed E-state index contributed by atoms with van der Waals surface area (Å²) in [6.45, 7) is 1.68. The zero-order valence-electron chi connectivity index (χ0n) is 13.8. The molecule has 1 aliphatic carbocycles. The molecule has 1 unspecified atom stereocenters. The highest BCUT2D eigenvalue weighted by Crippen LogP contribution is 2.38. The molecule has 1 fully saturated rings. The molecule has 0 spiro atoms. The van der Waals surface area contributed by atoms with Crippen LogP contribution in [0.15, 0.2) is 36.9 Å². The van der Waals surface area contributed by atoms with Gasteiger partial charge in [-0.1, -0.05) is 0 Å². The molecule has 2 aromatic heterocycles. The molecule has 0 aromatic carbocycles. The minimum Gasteiger partial charge on any atom is -0.491 e. The highest BCUT2D eigenvalue weighted by atomic mass is 16.5. The van der Waals surface area contributed by atoms with Gasteiger partial charge < -0.3 is 24.8 Å². The molecule has 1 saturated carbocycles. The van der Waals surface area contributed by atoms with E-state index in [1.165, 1.54) is 0 Å². The molecule has 3 rings (SSSR count). The van der Waals surface area contributed by atoms with Gasteiger partial charge in [0.05, 0.1) is 31.6 Å². The Labute approximate surface area is 141 Å². The van der Waals surface area contributed by atoms with Crippen LogP contribution in [0, 0.1) is 5.41 Å². The molecule has 0 radical (unpaired) electrons.